The lowest BCUT2D eigenvalue weighted by Crippen LogP contribution is -2.36. The number of nitrogens with zero attached hydrogens (tertiary/aromatic N) is 1. The third-order valence-electron chi connectivity index (χ3n) is 4.62. The topological polar surface area (TPSA) is 92.8 Å². The molecule has 0 unspecified atom stereocenters. The monoisotopic (exact) mass is 394 g/mol. The fourth-order valence-electron chi connectivity index (χ4n) is 3.01. The van der Waals surface area contributed by atoms with Crippen LogP contribution in [0, 0.1) is 0 Å². The van der Waals surface area contributed by atoms with Gasteiger partial charge in [0.05, 0.1) is 11.3 Å². The minimum absolute atomic E-state index is 0.194. The van der Waals surface area contributed by atoms with Crippen LogP contribution in [0.15, 0.2) is 54.6 Å². The number of anilines is 1. The third-order valence-corrected chi connectivity index (χ3v) is 4.62. The standard InChI is InChI=1S/C22H22N2O5/c1-15(21(27)23-14-13-16-5-3-2-4-6-16)29-22(28)17-7-9-18(10-8-17)24-19(25)11-12-20(24)26/h2-10,15H,11-14H2,1H3,(H,23,27)/t15-/m1/s1. The van der Waals surface area contributed by atoms with Crippen LogP contribution in [-0.2, 0) is 25.5 Å². The van der Waals surface area contributed by atoms with E-state index in [9.17, 15) is 19.2 Å². The molecular weight excluding hydrogens is 372 g/mol. The summed E-state index contributed by atoms with van der Waals surface area (Å²) in [5.41, 5.74) is 1.75. The Labute approximate surface area is 168 Å². The molecule has 1 fully saturated rings. The van der Waals surface area contributed by atoms with Crippen LogP contribution >= 0.6 is 0 Å². The number of imide groups is 1. The summed E-state index contributed by atoms with van der Waals surface area (Å²) in [6, 6.07) is 15.7. The number of ether oxygens (including phenoxy) is 1. The molecule has 0 aromatic heterocycles. The predicted molar refractivity (Wildman–Crippen MR) is 106 cm³/mol. The molecule has 0 spiro atoms. The zero-order chi connectivity index (χ0) is 20.8. The maximum atomic E-state index is 12.3. The van der Waals surface area contributed by atoms with E-state index in [2.05, 4.69) is 5.32 Å². The lowest BCUT2D eigenvalue weighted by molar-refractivity contribution is -0.129. The molecule has 0 radical (unpaired) electrons. The Kier molecular flexibility index (Phi) is 6.39. The van der Waals surface area contributed by atoms with E-state index in [-0.39, 0.29) is 36.1 Å². The zero-order valence-corrected chi connectivity index (χ0v) is 16.1. The molecule has 3 rings (SSSR count). The lowest BCUT2D eigenvalue weighted by Gasteiger charge is -2.15. The highest BCUT2D eigenvalue weighted by Crippen LogP contribution is 2.23. The van der Waals surface area contributed by atoms with Crippen LogP contribution in [0.25, 0.3) is 0 Å². The van der Waals surface area contributed by atoms with Crippen molar-refractivity contribution in [3.8, 4) is 0 Å². The molecule has 1 saturated heterocycles. The number of esters is 1. The Hall–Kier alpha value is -3.48. The summed E-state index contributed by atoms with van der Waals surface area (Å²) < 4.78 is 5.21. The van der Waals surface area contributed by atoms with Gasteiger partial charge in [-0.25, -0.2) is 4.79 Å². The second-order valence-electron chi connectivity index (χ2n) is 6.74. The molecule has 7 heteroatoms. The van der Waals surface area contributed by atoms with Crippen LogP contribution in [0.4, 0.5) is 5.69 Å². The van der Waals surface area contributed by atoms with Crippen molar-refractivity contribution in [2.24, 2.45) is 0 Å². The van der Waals surface area contributed by atoms with Crippen LogP contribution in [0.2, 0.25) is 0 Å². The molecule has 1 aliphatic rings. The van der Waals surface area contributed by atoms with Gasteiger partial charge in [-0.1, -0.05) is 30.3 Å². The van der Waals surface area contributed by atoms with Crippen molar-refractivity contribution >= 4 is 29.4 Å². The number of benzene rings is 2. The van der Waals surface area contributed by atoms with Gasteiger partial charge in [0, 0.05) is 19.4 Å². The van der Waals surface area contributed by atoms with E-state index in [1.807, 2.05) is 30.3 Å². The summed E-state index contributed by atoms with van der Waals surface area (Å²) in [6.45, 7) is 1.95. The Morgan fingerprint density at radius 3 is 2.24 bits per heavy atom. The third kappa shape index (κ3) is 5.07. The van der Waals surface area contributed by atoms with Crippen LogP contribution in [0.5, 0.6) is 0 Å². The molecule has 3 amide bonds. The van der Waals surface area contributed by atoms with E-state index in [0.717, 1.165) is 10.5 Å². The van der Waals surface area contributed by atoms with E-state index in [4.69, 9.17) is 4.74 Å². The molecule has 7 nitrogen and oxygen atoms in total. The number of amides is 3. The first-order valence-electron chi connectivity index (χ1n) is 9.44. The van der Waals surface area contributed by atoms with E-state index in [0.29, 0.717) is 18.7 Å². The number of nitrogens with one attached hydrogen (secondary N) is 1. The van der Waals surface area contributed by atoms with Gasteiger partial charge in [-0.3, -0.25) is 19.3 Å². The van der Waals surface area contributed by atoms with Crippen molar-refractivity contribution in [2.75, 3.05) is 11.4 Å². The first-order valence-corrected chi connectivity index (χ1v) is 9.44. The lowest BCUT2D eigenvalue weighted by atomic mass is 10.1. The summed E-state index contributed by atoms with van der Waals surface area (Å²) in [5, 5.41) is 2.75. The Bertz CT molecular complexity index is 893. The Balaban J connectivity index is 1.50. The minimum atomic E-state index is -0.945. The predicted octanol–water partition coefficient (Wildman–Crippen LogP) is 2.24. The van der Waals surface area contributed by atoms with Crippen LogP contribution in [-0.4, -0.2) is 36.3 Å². The first-order chi connectivity index (χ1) is 14.0. The number of carbonyl (C=O) groups is 4. The van der Waals surface area contributed by atoms with Gasteiger partial charge in [-0.05, 0) is 43.2 Å². The maximum Gasteiger partial charge on any atom is 0.338 e. The molecule has 1 aliphatic heterocycles. The molecule has 2 aromatic rings. The fourth-order valence-corrected chi connectivity index (χ4v) is 3.01. The highest BCUT2D eigenvalue weighted by atomic mass is 16.5. The van der Waals surface area contributed by atoms with Gasteiger partial charge in [0.2, 0.25) is 11.8 Å². The van der Waals surface area contributed by atoms with E-state index >= 15 is 0 Å². The average molecular weight is 394 g/mol. The summed E-state index contributed by atoms with van der Waals surface area (Å²) in [6.07, 6.45) is 0.126. The number of carbonyl (C=O) groups excluding carboxylic acids is 4. The van der Waals surface area contributed by atoms with E-state index < -0.39 is 12.1 Å². The molecule has 1 N–H and O–H groups in total. The minimum Gasteiger partial charge on any atom is -0.449 e. The van der Waals surface area contributed by atoms with Gasteiger partial charge in [-0.15, -0.1) is 0 Å². The van der Waals surface area contributed by atoms with E-state index in [1.165, 1.54) is 31.2 Å². The summed E-state index contributed by atoms with van der Waals surface area (Å²) in [5.74, 6) is -1.54. The van der Waals surface area contributed by atoms with Crippen molar-refractivity contribution in [3.05, 3.63) is 65.7 Å². The molecule has 1 heterocycles. The SMILES string of the molecule is C[C@@H](OC(=O)c1ccc(N2C(=O)CCC2=O)cc1)C(=O)NCCc1ccccc1. The van der Waals surface area contributed by atoms with Crippen molar-refractivity contribution in [2.45, 2.75) is 32.3 Å². The van der Waals surface area contributed by atoms with Crippen LogP contribution in [0.1, 0.15) is 35.7 Å². The maximum absolute atomic E-state index is 12.3. The van der Waals surface area contributed by atoms with Gasteiger partial charge >= 0.3 is 5.97 Å². The summed E-state index contributed by atoms with van der Waals surface area (Å²) in [7, 11) is 0. The van der Waals surface area contributed by atoms with Gasteiger partial charge < -0.3 is 10.1 Å². The van der Waals surface area contributed by atoms with Crippen molar-refractivity contribution in [1.82, 2.24) is 5.32 Å². The molecule has 1 atom stereocenters. The zero-order valence-electron chi connectivity index (χ0n) is 16.1. The second kappa shape index (κ2) is 9.14. The van der Waals surface area contributed by atoms with Gasteiger partial charge in [0.1, 0.15) is 0 Å². The summed E-state index contributed by atoms with van der Waals surface area (Å²) in [4.78, 5) is 49.0. The average Bonchev–Trinajstić information content (AvgIpc) is 3.06. The highest BCUT2D eigenvalue weighted by Gasteiger charge is 2.30. The highest BCUT2D eigenvalue weighted by molar-refractivity contribution is 6.19. The number of rotatable bonds is 7. The number of hydrogen-bond acceptors (Lipinski definition) is 5. The smallest absolute Gasteiger partial charge is 0.338 e. The molecule has 2 aromatic carbocycles. The normalized spacial score (nSPS) is 14.6. The Morgan fingerprint density at radius 2 is 1.62 bits per heavy atom. The number of hydrogen-bond donors (Lipinski definition) is 1. The van der Waals surface area contributed by atoms with Gasteiger partial charge in [0.25, 0.3) is 5.91 Å². The second-order valence-corrected chi connectivity index (χ2v) is 6.74. The first kappa shape index (κ1) is 20.3. The van der Waals surface area contributed by atoms with E-state index in [1.54, 1.807) is 0 Å². The van der Waals surface area contributed by atoms with Gasteiger partial charge in [0.15, 0.2) is 6.10 Å². The van der Waals surface area contributed by atoms with Crippen molar-refractivity contribution in [1.29, 1.82) is 0 Å². The molecular formula is C22H22N2O5. The summed E-state index contributed by atoms with van der Waals surface area (Å²) >= 11 is 0. The molecule has 29 heavy (non-hydrogen) atoms. The molecule has 150 valence electrons. The van der Waals surface area contributed by atoms with Crippen LogP contribution in [0.3, 0.4) is 0 Å². The van der Waals surface area contributed by atoms with Crippen molar-refractivity contribution < 1.29 is 23.9 Å². The largest absolute Gasteiger partial charge is 0.449 e. The molecule has 0 bridgehead atoms. The van der Waals surface area contributed by atoms with Crippen LogP contribution < -0.4 is 10.2 Å². The van der Waals surface area contributed by atoms with Gasteiger partial charge in [-0.2, -0.15) is 0 Å². The Morgan fingerprint density at radius 1 is 1.00 bits per heavy atom. The van der Waals surface area contributed by atoms with Crippen molar-refractivity contribution in [3.63, 3.8) is 0 Å². The fraction of sp³-hybridized carbons (Fsp3) is 0.273. The molecule has 0 saturated carbocycles. The molecule has 0 aliphatic carbocycles. The quantitative estimate of drug-likeness (QED) is 0.574.